The molecule has 1 aromatic heterocycles. The number of phenols is 2. The third-order valence-electron chi connectivity index (χ3n) is 5.58. The molecule has 0 amide bonds. The second kappa shape index (κ2) is 9.28. The van der Waals surface area contributed by atoms with Gasteiger partial charge in [-0.1, -0.05) is 24.3 Å². The van der Waals surface area contributed by atoms with E-state index in [0.717, 1.165) is 33.4 Å². The summed E-state index contributed by atoms with van der Waals surface area (Å²) in [5.74, 6) is -0.0901. The first kappa shape index (κ1) is 21.8. The number of phenolic OH excluding ortho intramolecular Hbond substituents is 2. The van der Waals surface area contributed by atoms with Gasteiger partial charge in [0.2, 0.25) is 0 Å². The molecule has 2 aromatic carbocycles. The van der Waals surface area contributed by atoms with Gasteiger partial charge in [-0.15, -0.1) is 0 Å². The Labute approximate surface area is 177 Å². The highest BCUT2D eigenvalue weighted by Crippen LogP contribution is 2.44. The topological polar surface area (TPSA) is 93.8 Å². The lowest BCUT2D eigenvalue weighted by Crippen LogP contribution is -2.09. The van der Waals surface area contributed by atoms with Gasteiger partial charge in [-0.25, -0.2) is 0 Å². The molecule has 0 radical (unpaired) electrons. The van der Waals surface area contributed by atoms with Crippen molar-refractivity contribution in [3.8, 4) is 11.5 Å². The lowest BCUT2D eigenvalue weighted by Gasteiger charge is -2.25. The Morgan fingerprint density at radius 2 is 1.23 bits per heavy atom. The number of aromatic hydroxyl groups is 2. The van der Waals surface area contributed by atoms with E-state index in [9.17, 15) is 20.4 Å². The Morgan fingerprint density at radius 3 is 1.67 bits per heavy atom. The van der Waals surface area contributed by atoms with Gasteiger partial charge in [0.05, 0.1) is 0 Å². The fourth-order valence-electron chi connectivity index (χ4n) is 4.07. The van der Waals surface area contributed by atoms with Crippen LogP contribution in [0.5, 0.6) is 11.5 Å². The van der Waals surface area contributed by atoms with Crippen LogP contribution in [-0.2, 0) is 12.8 Å². The Bertz CT molecular complexity index is 984. The largest absolute Gasteiger partial charge is 0.507 e. The zero-order chi connectivity index (χ0) is 21.8. The molecule has 4 N–H and O–H groups in total. The Balaban J connectivity index is 2.34. The zero-order valence-electron chi connectivity index (χ0n) is 17.7. The van der Waals surface area contributed by atoms with E-state index in [1.54, 1.807) is 12.4 Å². The molecular formula is C25H29NO4. The smallest absolute Gasteiger partial charge is 0.122 e. The third kappa shape index (κ3) is 4.32. The van der Waals surface area contributed by atoms with Gasteiger partial charge in [-0.05, 0) is 73.1 Å². The van der Waals surface area contributed by atoms with Crippen molar-refractivity contribution in [3.63, 3.8) is 0 Å². The van der Waals surface area contributed by atoms with Crippen molar-refractivity contribution in [2.75, 3.05) is 13.2 Å². The van der Waals surface area contributed by atoms with Crippen LogP contribution in [-0.4, -0.2) is 38.6 Å². The molecule has 0 aliphatic rings. The number of nitrogens with zero attached hydrogens (tertiary/aromatic N) is 1. The van der Waals surface area contributed by atoms with Crippen molar-refractivity contribution in [1.82, 2.24) is 4.98 Å². The number of pyridine rings is 1. The predicted molar refractivity (Wildman–Crippen MR) is 117 cm³/mol. The molecule has 3 rings (SSSR count). The first-order valence-corrected chi connectivity index (χ1v) is 10.1. The molecule has 0 atom stereocenters. The van der Waals surface area contributed by atoms with E-state index in [-0.39, 0.29) is 24.7 Å². The third-order valence-corrected chi connectivity index (χ3v) is 5.58. The molecule has 5 nitrogen and oxygen atoms in total. The van der Waals surface area contributed by atoms with E-state index in [2.05, 4.69) is 4.98 Å². The summed E-state index contributed by atoms with van der Waals surface area (Å²) in [6, 6.07) is 9.45. The molecule has 0 unspecified atom stereocenters. The van der Waals surface area contributed by atoms with Crippen LogP contribution < -0.4 is 0 Å². The number of aliphatic hydroxyl groups excluding tert-OH is 2. The summed E-state index contributed by atoms with van der Waals surface area (Å²) in [6.07, 6.45) is 4.43. The number of aliphatic hydroxyl groups is 2. The van der Waals surface area contributed by atoms with Crippen LogP contribution in [0.25, 0.3) is 0 Å². The maximum absolute atomic E-state index is 11.0. The molecule has 0 bridgehead atoms. The summed E-state index contributed by atoms with van der Waals surface area (Å²) in [5, 5.41) is 40.9. The summed E-state index contributed by atoms with van der Waals surface area (Å²) < 4.78 is 0. The summed E-state index contributed by atoms with van der Waals surface area (Å²) in [4.78, 5) is 4.20. The Hall–Kier alpha value is -2.89. The zero-order valence-corrected chi connectivity index (χ0v) is 17.7. The molecule has 158 valence electrons. The van der Waals surface area contributed by atoms with E-state index in [1.807, 2.05) is 51.1 Å². The first-order valence-electron chi connectivity index (χ1n) is 10.1. The average molecular weight is 408 g/mol. The summed E-state index contributed by atoms with van der Waals surface area (Å²) >= 11 is 0. The standard InChI is InChI=1S/C25H29NO4/c1-15-10-18(5-8-27)12-21(24(15)29)23(20-4-7-26-14-17(20)3)22-13-19(6-9-28)11-16(2)25(22)30/h4,7,10-14,23,27-30H,5-6,8-9H2,1-3H3. The molecule has 30 heavy (non-hydrogen) atoms. The molecule has 0 spiro atoms. The van der Waals surface area contributed by atoms with Crippen LogP contribution in [0.15, 0.2) is 42.7 Å². The molecule has 0 aliphatic carbocycles. The fourth-order valence-corrected chi connectivity index (χ4v) is 4.07. The van der Waals surface area contributed by atoms with Gasteiger partial charge in [0.15, 0.2) is 0 Å². The molecule has 0 saturated carbocycles. The highest BCUT2D eigenvalue weighted by atomic mass is 16.3. The van der Waals surface area contributed by atoms with Gasteiger partial charge in [-0.2, -0.15) is 0 Å². The van der Waals surface area contributed by atoms with Crippen molar-refractivity contribution >= 4 is 0 Å². The molecular weight excluding hydrogens is 378 g/mol. The lowest BCUT2D eigenvalue weighted by molar-refractivity contribution is 0.299. The lowest BCUT2D eigenvalue weighted by atomic mass is 9.80. The highest BCUT2D eigenvalue weighted by Gasteiger charge is 2.26. The SMILES string of the molecule is Cc1cnccc1C(c1cc(CCO)cc(C)c1O)c1cc(CCO)cc(C)c1O. The number of aryl methyl sites for hydroxylation is 3. The number of rotatable bonds is 7. The van der Waals surface area contributed by atoms with E-state index >= 15 is 0 Å². The summed E-state index contributed by atoms with van der Waals surface area (Å²) in [6.45, 7) is 5.66. The second-order valence-corrected chi connectivity index (χ2v) is 7.81. The van der Waals surface area contributed by atoms with Crippen molar-refractivity contribution in [2.24, 2.45) is 0 Å². The van der Waals surface area contributed by atoms with E-state index < -0.39 is 5.92 Å². The minimum absolute atomic E-state index is 0.0128. The van der Waals surface area contributed by atoms with Crippen LogP contribution in [0.1, 0.15) is 50.4 Å². The molecule has 0 saturated heterocycles. The minimum atomic E-state index is -0.428. The first-order chi connectivity index (χ1) is 14.4. The van der Waals surface area contributed by atoms with Crippen molar-refractivity contribution in [1.29, 1.82) is 0 Å². The number of hydrogen-bond acceptors (Lipinski definition) is 5. The Kier molecular flexibility index (Phi) is 6.75. The molecule has 3 aromatic rings. The van der Waals surface area contributed by atoms with Crippen molar-refractivity contribution in [2.45, 2.75) is 39.5 Å². The van der Waals surface area contributed by atoms with E-state index in [4.69, 9.17) is 0 Å². The van der Waals surface area contributed by atoms with Gasteiger partial charge < -0.3 is 20.4 Å². The van der Waals surface area contributed by atoms with Gasteiger partial charge in [0.1, 0.15) is 11.5 Å². The maximum atomic E-state index is 11.0. The minimum Gasteiger partial charge on any atom is -0.507 e. The average Bonchev–Trinajstić information content (AvgIpc) is 2.71. The second-order valence-electron chi connectivity index (χ2n) is 7.81. The van der Waals surface area contributed by atoms with Gasteiger partial charge in [0, 0.05) is 42.7 Å². The fraction of sp³-hybridized carbons (Fsp3) is 0.320. The number of benzene rings is 2. The van der Waals surface area contributed by atoms with Gasteiger partial charge >= 0.3 is 0 Å². The van der Waals surface area contributed by atoms with Crippen LogP contribution in [0, 0.1) is 20.8 Å². The number of hydrogen-bond donors (Lipinski definition) is 4. The monoisotopic (exact) mass is 407 g/mol. The van der Waals surface area contributed by atoms with E-state index in [1.165, 1.54) is 0 Å². The highest BCUT2D eigenvalue weighted by molar-refractivity contribution is 5.58. The summed E-state index contributed by atoms with van der Waals surface area (Å²) in [5.41, 5.74) is 6.48. The van der Waals surface area contributed by atoms with Gasteiger partial charge in [-0.3, -0.25) is 4.98 Å². The molecule has 1 heterocycles. The van der Waals surface area contributed by atoms with Crippen molar-refractivity contribution in [3.05, 3.63) is 87.2 Å². The van der Waals surface area contributed by atoms with Crippen LogP contribution in [0.4, 0.5) is 0 Å². The molecule has 0 aliphatic heterocycles. The predicted octanol–water partition coefficient (Wildman–Crippen LogP) is 3.67. The number of aromatic nitrogens is 1. The van der Waals surface area contributed by atoms with Crippen LogP contribution >= 0.6 is 0 Å². The van der Waals surface area contributed by atoms with Crippen LogP contribution in [0.2, 0.25) is 0 Å². The van der Waals surface area contributed by atoms with Crippen molar-refractivity contribution < 1.29 is 20.4 Å². The van der Waals surface area contributed by atoms with Gasteiger partial charge in [0.25, 0.3) is 0 Å². The summed E-state index contributed by atoms with van der Waals surface area (Å²) in [7, 11) is 0. The quantitative estimate of drug-likeness (QED) is 0.480. The molecule has 0 fully saturated rings. The maximum Gasteiger partial charge on any atom is 0.122 e. The van der Waals surface area contributed by atoms with E-state index in [0.29, 0.717) is 24.0 Å². The Morgan fingerprint density at radius 1 is 0.733 bits per heavy atom. The van der Waals surface area contributed by atoms with Crippen LogP contribution in [0.3, 0.4) is 0 Å². The molecule has 5 heteroatoms. The normalized spacial score (nSPS) is 11.3.